The average Bonchev–Trinajstić information content (AvgIpc) is 3.02. The number of nitrogens with zero attached hydrogens (tertiary/aromatic N) is 1. The lowest BCUT2D eigenvalue weighted by atomic mass is 10.1. The highest BCUT2D eigenvalue weighted by molar-refractivity contribution is 9.11. The van der Waals surface area contributed by atoms with Crippen molar-refractivity contribution >= 4 is 27.3 Å². The Kier molecular flexibility index (Phi) is 4.64. The van der Waals surface area contributed by atoms with Crippen molar-refractivity contribution in [1.82, 2.24) is 4.90 Å². The molecule has 1 fully saturated rings. The smallest absolute Gasteiger partial charge is 0.0702 e. The maximum atomic E-state index is 6.01. The summed E-state index contributed by atoms with van der Waals surface area (Å²) in [5.41, 5.74) is 6.01. The minimum Gasteiger partial charge on any atom is -0.329 e. The van der Waals surface area contributed by atoms with Gasteiger partial charge in [-0.1, -0.05) is 13.8 Å². The van der Waals surface area contributed by atoms with Crippen molar-refractivity contribution in [3.8, 4) is 0 Å². The Balaban J connectivity index is 2.13. The molecule has 96 valence electrons. The molecule has 1 saturated carbocycles. The lowest BCUT2D eigenvalue weighted by Gasteiger charge is -2.31. The number of thiophene rings is 1. The molecule has 0 aromatic carbocycles. The van der Waals surface area contributed by atoms with Gasteiger partial charge in [-0.2, -0.15) is 0 Å². The van der Waals surface area contributed by atoms with Crippen LogP contribution in [0.15, 0.2) is 15.9 Å². The molecule has 0 amide bonds. The summed E-state index contributed by atoms with van der Waals surface area (Å²) < 4.78 is 1.20. The van der Waals surface area contributed by atoms with Gasteiger partial charge in [0.25, 0.3) is 0 Å². The van der Waals surface area contributed by atoms with Crippen molar-refractivity contribution in [2.24, 2.45) is 11.7 Å². The molecule has 1 heterocycles. The fourth-order valence-corrected chi connectivity index (χ4v) is 3.84. The zero-order chi connectivity index (χ0) is 12.4. The van der Waals surface area contributed by atoms with Gasteiger partial charge in [-0.05, 0) is 46.8 Å². The SMILES string of the molecule is CC(C)CN(C1CC1)C(CN)c1ccc(Br)s1. The third-order valence-electron chi connectivity index (χ3n) is 3.14. The molecule has 1 atom stereocenters. The zero-order valence-electron chi connectivity index (χ0n) is 10.5. The molecule has 0 aliphatic heterocycles. The van der Waals surface area contributed by atoms with E-state index in [1.165, 1.54) is 21.5 Å². The number of halogens is 1. The van der Waals surface area contributed by atoms with Crippen LogP contribution in [0.25, 0.3) is 0 Å². The third-order valence-corrected chi connectivity index (χ3v) is 4.86. The molecule has 0 spiro atoms. The van der Waals surface area contributed by atoms with Gasteiger partial charge in [0.1, 0.15) is 0 Å². The van der Waals surface area contributed by atoms with E-state index < -0.39 is 0 Å². The molecule has 1 aromatic heterocycles. The fourth-order valence-electron chi connectivity index (χ4n) is 2.28. The predicted octanol–water partition coefficient (Wildman–Crippen LogP) is 3.63. The first-order valence-corrected chi connectivity index (χ1v) is 7.93. The zero-order valence-corrected chi connectivity index (χ0v) is 12.9. The van der Waals surface area contributed by atoms with Gasteiger partial charge < -0.3 is 5.73 Å². The molecule has 1 aliphatic rings. The molecule has 1 unspecified atom stereocenters. The van der Waals surface area contributed by atoms with E-state index in [1.54, 1.807) is 0 Å². The van der Waals surface area contributed by atoms with Crippen LogP contribution in [0.4, 0.5) is 0 Å². The Morgan fingerprint density at radius 3 is 2.59 bits per heavy atom. The molecule has 4 heteroatoms. The van der Waals surface area contributed by atoms with E-state index in [4.69, 9.17) is 5.73 Å². The Hall–Kier alpha value is 0.1000. The summed E-state index contributed by atoms with van der Waals surface area (Å²) in [6.07, 6.45) is 2.69. The van der Waals surface area contributed by atoms with Gasteiger partial charge in [0.15, 0.2) is 0 Å². The molecule has 0 bridgehead atoms. The normalized spacial score (nSPS) is 18.0. The van der Waals surface area contributed by atoms with Gasteiger partial charge in [-0.3, -0.25) is 4.90 Å². The fraction of sp³-hybridized carbons (Fsp3) is 0.692. The van der Waals surface area contributed by atoms with Crippen LogP contribution in [0.3, 0.4) is 0 Å². The van der Waals surface area contributed by atoms with Gasteiger partial charge >= 0.3 is 0 Å². The van der Waals surface area contributed by atoms with Crippen molar-refractivity contribution in [1.29, 1.82) is 0 Å². The Labute approximate surface area is 116 Å². The molecule has 0 radical (unpaired) electrons. The van der Waals surface area contributed by atoms with Crippen molar-refractivity contribution < 1.29 is 0 Å². The van der Waals surface area contributed by atoms with Crippen LogP contribution in [-0.4, -0.2) is 24.0 Å². The lowest BCUT2D eigenvalue weighted by Crippen LogP contribution is -2.37. The quantitative estimate of drug-likeness (QED) is 0.868. The minimum atomic E-state index is 0.404. The number of nitrogens with two attached hydrogens (primary N) is 1. The second-order valence-electron chi connectivity index (χ2n) is 5.22. The van der Waals surface area contributed by atoms with E-state index in [0.29, 0.717) is 12.0 Å². The molecule has 17 heavy (non-hydrogen) atoms. The van der Waals surface area contributed by atoms with Gasteiger partial charge in [0.2, 0.25) is 0 Å². The topological polar surface area (TPSA) is 29.3 Å². The molecular weight excluding hydrogens is 296 g/mol. The third kappa shape index (κ3) is 3.53. The largest absolute Gasteiger partial charge is 0.329 e. The average molecular weight is 317 g/mol. The first-order valence-electron chi connectivity index (χ1n) is 6.33. The van der Waals surface area contributed by atoms with Crippen molar-refractivity contribution in [2.75, 3.05) is 13.1 Å². The van der Waals surface area contributed by atoms with E-state index in [-0.39, 0.29) is 0 Å². The lowest BCUT2D eigenvalue weighted by molar-refractivity contribution is 0.172. The molecular formula is C13H21BrN2S. The van der Waals surface area contributed by atoms with Crippen LogP contribution < -0.4 is 5.73 Å². The van der Waals surface area contributed by atoms with Crippen molar-refractivity contribution in [2.45, 2.75) is 38.8 Å². The predicted molar refractivity (Wildman–Crippen MR) is 78.4 cm³/mol. The maximum absolute atomic E-state index is 6.01. The number of hydrogen-bond donors (Lipinski definition) is 1. The van der Waals surface area contributed by atoms with Gasteiger partial charge in [-0.15, -0.1) is 11.3 Å². The molecule has 2 nitrogen and oxygen atoms in total. The van der Waals surface area contributed by atoms with Crippen LogP contribution in [0.2, 0.25) is 0 Å². The molecule has 1 aromatic rings. The first kappa shape index (κ1) is 13.5. The van der Waals surface area contributed by atoms with Gasteiger partial charge in [0.05, 0.1) is 9.83 Å². The van der Waals surface area contributed by atoms with Crippen LogP contribution >= 0.6 is 27.3 Å². The monoisotopic (exact) mass is 316 g/mol. The highest BCUT2D eigenvalue weighted by atomic mass is 79.9. The van der Waals surface area contributed by atoms with Crippen molar-refractivity contribution in [3.63, 3.8) is 0 Å². The first-order chi connectivity index (χ1) is 8.11. The second-order valence-corrected chi connectivity index (χ2v) is 7.71. The van der Waals surface area contributed by atoms with E-state index in [9.17, 15) is 0 Å². The molecule has 2 N–H and O–H groups in total. The maximum Gasteiger partial charge on any atom is 0.0702 e. The summed E-state index contributed by atoms with van der Waals surface area (Å²) in [5.74, 6) is 0.702. The summed E-state index contributed by atoms with van der Waals surface area (Å²) in [5, 5.41) is 0. The van der Waals surface area contributed by atoms with E-state index in [1.807, 2.05) is 11.3 Å². The van der Waals surface area contributed by atoms with Gasteiger partial charge in [-0.25, -0.2) is 0 Å². The van der Waals surface area contributed by atoms with Crippen molar-refractivity contribution in [3.05, 3.63) is 20.8 Å². The van der Waals surface area contributed by atoms with Gasteiger partial charge in [0, 0.05) is 24.0 Å². The van der Waals surface area contributed by atoms with Crippen LogP contribution in [0, 0.1) is 5.92 Å². The molecule has 1 aliphatic carbocycles. The van der Waals surface area contributed by atoms with Crippen LogP contribution in [0.5, 0.6) is 0 Å². The summed E-state index contributed by atoms with van der Waals surface area (Å²) >= 11 is 5.36. The standard InChI is InChI=1S/C13H21BrN2S/c1-9(2)8-16(10-3-4-10)11(7-15)12-5-6-13(14)17-12/h5-6,9-11H,3-4,7-8,15H2,1-2H3. The summed E-state index contributed by atoms with van der Waals surface area (Å²) in [4.78, 5) is 4.01. The van der Waals surface area contributed by atoms with Crippen LogP contribution in [0.1, 0.15) is 37.6 Å². The second kappa shape index (κ2) is 5.83. The number of rotatable bonds is 6. The highest BCUT2D eigenvalue weighted by Crippen LogP contribution is 2.37. The Bertz CT molecular complexity index is 360. The molecule has 0 saturated heterocycles. The summed E-state index contributed by atoms with van der Waals surface area (Å²) in [6.45, 7) is 6.44. The highest BCUT2D eigenvalue weighted by Gasteiger charge is 2.34. The Morgan fingerprint density at radius 2 is 2.18 bits per heavy atom. The number of hydrogen-bond acceptors (Lipinski definition) is 3. The summed E-state index contributed by atoms with van der Waals surface area (Å²) in [6, 6.07) is 5.51. The van der Waals surface area contributed by atoms with E-state index in [0.717, 1.165) is 19.1 Å². The van der Waals surface area contributed by atoms with Crippen LogP contribution in [-0.2, 0) is 0 Å². The van der Waals surface area contributed by atoms with E-state index >= 15 is 0 Å². The summed E-state index contributed by atoms with van der Waals surface area (Å²) in [7, 11) is 0. The minimum absolute atomic E-state index is 0.404. The Morgan fingerprint density at radius 1 is 1.47 bits per heavy atom. The molecule has 2 rings (SSSR count). The van der Waals surface area contributed by atoms with E-state index in [2.05, 4.69) is 46.8 Å².